The van der Waals surface area contributed by atoms with Crippen molar-refractivity contribution in [3.8, 4) is 0 Å². The molecule has 0 bridgehead atoms. The number of hydrogen-bond acceptors (Lipinski definition) is 5. The molecule has 166 valence electrons. The lowest BCUT2D eigenvalue weighted by Gasteiger charge is -2.16. The van der Waals surface area contributed by atoms with Crippen molar-refractivity contribution in [1.82, 2.24) is 19.9 Å². The van der Waals surface area contributed by atoms with Crippen LogP contribution in [0.25, 0.3) is 0 Å². The smallest absolute Gasteiger partial charge is 0.243 e. The maximum Gasteiger partial charge on any atom is 0.243 e. The van der Waals surface area contributed by atoms with Gasteiger partial charge in [-0.25, -0.2) is 13.4 Å². The molecule has 7 nitrogen and oxygen atoms in total. The minimum atomic E-state index is -3.36. The molecule has 0 saturated carbocycles. The lowest BCUT2D eigenvalue weighted by atomic mass is 10.2. The van der Waals surface area contributed by atoms with Crippen molar-refractivity contribution in [3.63, 3.8) is 0 Å². The Morgan fingerprint density at radius 3 is 2.37 bits per heavy atom. The Bertz CT molecular complexity index is 936. The Hall–Kier alpha value is -1.24. The van der Waals surface area contributed by atoms with Crippen molar-refractivity contribution in [2.75, 3.05) is 20.1 Å². The minimum absolute atomic E-state index is 0. The van der Waals surface area contributed by atoms with Crippen molar-refractivity contribution in [2.45, 2.75) is 50.6 Å². The maximum absolute atomic E-state index is 12.6. The number of rotatable bonds is 7. The van der Waals surface area contributed by atoms with E-state index < -0.39 is 10.0 Å². The van der Waals surface area contributed by atoms with Gasteiger partial charge in [-0.1, -0.05) is 26.0 Å². The predicted octanol–water partition coefficient (Wildman–Crippen LogP) is 3.53. The summed E-state index contributed by atoms with van der Waals surface area (Å²) in [5, 5.41) is 9.63. The molecule has 0 atom stereocenters. The predicted molar refractivity (Wildman–Crippen MR) is 133 cm³/mol. The van der Waals surface area contributed by atoms with Crippen LogP contribution in [0, 0.1) is 0 Å². The quantitative estimate of drug-likeness (QED) is 0.306. The molecule has 1 aromatic carbocycles. The minimum Gasteiger partial charge on any atom is -0.352 e. The van der Waals surface area contributed by atoms with Gasteiger partial charge in [-0.2, -0.15) is 4.31 Å². The van der Waals surface area contributed by atoms with Gasteiger partial charge in [-0.3, -0.25) is 4.99 Å². The third-order valence-electron chi connectivity index (χ3n) is 4.88. The number of hydrogen-bond donors (Lipinski definition) is 2. The van der Waals surface area contributed by atoms with E-state index in [4.69, 9.17) is 0 Å². The number of thiazole rings is 1. The number of nitrogens with one attached hydrogen (secondary N) is 2. The number of guanidine groups is 1. The van der Waals surface area contributed by atoms with Crippen LogP contribution >= 0.6 is 35.3 Å². The van der Waals surface area contributed by atoms with Crippen LogP contribution in [0.3, 0.4) is 0 Å². The van der Waals surface area contributed by atoms with Gasteiger partial charge < -0.3 is 10.6 Å². The van der Waals surface area contributed by atoms with Crippen molar-refractivity contribution in [2.24, 2.45) is 4.99 Å². The third kappa shape index (κ3) is 6.38. The van der Waals surface area contributed by atoms with Gasteiger partial charge in [0.1, 0.15) is 5.01 Å². The highest BCUT2D eigenvalue weighted by Crippen LogP contribution is 2.21. The fourth-order valence-electron chi connectivity index (χ4n) is 3.09. The SMILES string of the molecule is CN=C(NCc1ccc(S(=O)(=O)N2CCCC2)cc1)NCc1nc(C(C)C)cs1.I. The number of benzene rings is 1. The van der Waals surface area contributed by atoms with Gasteiger partial charge in [0, 0.05) is 32.1 Å². The van der Waals surface area contributed by atoms with E-state index in [2.05, 4.69) is 39.8 Å². The van der Waals surface area contributed by atoms with E-state index in [-0.39, 0.29) is 24.0 Å². The molecule has 10 heteroatoms. The summed E-state index contributed by atoms with van der Waals surface area (Å²) in [5.74, 6) is 1.11. The summed E-state index contributed by atoms with van der Waals surface area (Å²) in [6.45, 7) is 6.67. The number of aliphatic imine (C=N–C) groups is 1. The lowest BCUT2D eigenvalue weighted by Crippen LogP contribution is -2.36. The van der Waals surface area contributed by atoms with E-state index in [0.717, 1.165) is 29.1 Å². The normalized spacial score (nSPS) is 15.3. The van der Waals surface area contributed by atoms with Crippen LogP contribution in [0.5, 0.6) is 0 Å². The summed E-state index contributed by atoms with van der Waals surface area (Å²) in [6.07, 6.45) is 1.88. The van der Waals surface area contributed by atoms with Crippen LogP contribution < -0.4 is 10.6 Å². The molecule has 0 unspecified atom stereocenters. The van der Waals surface area contributed by atoms with E-state index in [1.807, 2.05) is 12.1 Å². The van der Waals surface area contributed by atoms with Gasteiger partial charge in [0.05, 0.1) is 17.1 Å². The maximum atomic E-state index is 12.6. The van der Waals surface area contributed by atoms with E-state index in [9.17, 15) is 8.42 Å². The molecule has 1 fully saturated rings. The summed E-state index contributed by atoms with van der Waals surface area (Å²) >= 11 is 1.64. The monoisotopic (exact) mass is 563 g/mol. The zero-order valence-corrected chi connectivity index (χ0v) is 21.6. The topological polar surface area (TPSA) is 86.7 Å². The van der Waals surface area contributed by atoms with Crippen molar-refractivity contribution < 1.29 is 8.42 Å². The van der Waals surface area contributed by atoms with Crippen molar-refractivity contribution in [1.29, 1.82) is 0 Å². The largest absolute Gasteiger partial charge is 0.352 e. The lowest BCUT2D eigenvalue weighted by molar-refractivity contribution is 0.477. The number of aromatic nitrogens is 1. The zero-order chi connectivity index (χ0) is 20.9. The van der Waals surface area contributed by atoms with Crippen molar-refractivity contribution >= 4 is 51.3 Å². The molecule has 2 aromatic rings. The van der Waals surface area contributed by atoms with Crippen LogP contribution in [0.4, 0.5) is 0 Å². The molecule has 1 aliphatic rings. The van der Waals surface area contributed by atoms with Crippen LogP contribution in [-0.4, -0.2) is 43.8 Å². The first kappa shape index (κ1) is 25.0. The van der Waals surface area contributed by atoms with Gasteiger partial charge in [0.15, 0.2) is 5.96 Å². The second-order valence-corrected chi connectivity index (χ2v) is 10.2. The van der Waals surface area contributed by atoms with Gasteiger partial charge in [0.25, 0.3) is 0 Å². The highest BCUT2D eigenvalue weighted by molar-refractivity contribution is 14.0. The molecular formula is C20H30IN5O2S2. The molecule has 2 heterocycles. The highest BCUT2D eigenvalue weighted by atomic mass is 127. The fourth-order valence-corrected chi connectivity index (χ4v) is 5.51. The van der Waals surface area contributed by atoms with Crippen molar-refractivity contribution in [3.05, 3.63) is 45.9 Å². The van der Waals surface area contributed by atoms with Crippen LogP contribution in [0.2, 0.25) is 0 Å². The van der Waals surface area contributed by atoms with Gasteiger partial charge in [-0.05, 0) is 36.5 Å². The molecular weight excluding hydrogens is 533 g/mol. The van der Waals surface area contributed by atoms with E-state index in [1.54, 1.807) is 34.8 Å². The first-order valence-corrected chi connectivity index (χ1v) is 12.2. The van der Waals surface area contributed by atoms with Crippen LogP contribution in [0.1, 0.15) is 48.9 Å². The average molecular weight is 564 g/mol. The summed E-state index contributed by atoms with van der Waals surface area (Å²) in [7, 11) is -1.64. The summed E-state index contributed by atoms with van der Waals surface area (Å²) in [6, 6.07) is 7.06. The Morgan fingerprint density at radius 2 is 1.80 bits per heavy atom. The summed E-state index contributed by atoms with van der Waals surface area (Å²) < 4.78 is 26.8. The molecule has 1 saturated heterocycles. The Morgan fingerprint density at radius 1 is 1.17 bits per heavy atom. The number of nitrogens with zero attached hydrogens (tertiary/aromatic N) is 3. The number of sulfonamides is 1. The molecule has 0 amide bonds. The zero-order valence-electron chi connectivity index (χ0n) is 17.6. The third-order valence-corrected chi connectivity index (χ3v) is 7.66. The van der Waals surface area contributed by atoms with E-state index in [0.29, 0.717) is 43.0 Å². The Kier molecular flexibility index (Phi) is 9.51. The molecule has 1 aliphatic heterocycles. The van der Waals surface area contributed by atoms with Gasteiger partial charge >= 0.3 is 0 Å². The fraction of sp³-hybridized carbons (Fsp3) is 0.500. The summed E-state index contributed by atoms with van der Waals surface area (Å²) in [5.41, 5.74) is 2.10. The second-order valence-electron chi connectivity index (χ2n) is 7.36. The second kappa shape index (κ2) is 11.4. The first-order valence-electron chi connectivity index (χ1n) is 9.88. The molecule has 0 aliphatic carbocycles. The standard InChI is InChI=1S/C20H29N5O2S2.HI/c1-15(2)18-14-28-19(24-18)13-23-20(21-3)22-12-16-6-8-17(9-7-16)29(26,27)25-10-4-5-11-25;/h6-9,14-15H,4-5,10-13H2,1-3H3,(H2,21,22,23);1H. The molecule has 3 rings (SSSR count). The average Bonchev–Trinajstić information content (AvgIpc) is 3.41. The molecule has 0 spiro atoms. The number of halogens is 1. The van der Waals surface area contributed by atoms with E-state index >= 15 is 0 Å². The molecule has 2 N–H and O–H groups in total. The van der Waals surface area contributed by atoms with Crippen LogP contribution in [-0.2, 0) is 23.1 Å². The van der Waals surface area contributed by atoms with Gasteiger partial charge in [-0.15, -0.1) is 35.3 Å². The Balaban J connectivity index is 0.00000320. The van der Waals surface area contributed by atoms with E-state index in [1.165, 1.54) is 0 Å². The van der Waals surface area contributed by atoms with Crippen LogP contribution in [0.15, 0.2) is 39.5 Å². The summed E-state index contributed by atoms with van der Waals surface area (Å²) in [4.78, 5) is 9.21. The molecule has 30 heavy (non-hydrogen) atoms. The Labute approximate surface area is 200 Å². The molecule has 1 aromatic heterocycles. The van der Waals surface area contributed by atoms with Gasteiger partial charge in [0.2, 0.25) is 10.0 Å². The first-order chi connectivity index (χ1) is 13.9. The molecule has 0 radical (unpaired) electrons. The highest BCUT2D eigenvalue weighted by Gasteiger charge is 2.26.